The fraction of sp³-hybridized carbons (Fsp3) is 0.429. The molecule has 0 radical (unpaired) electrons. The van der Waals surface area contributed by atoms with Gasteiger partial charge in [0.05, 0.1) is 17.3 Å². The first kappa shape index (κ1) is 13.1. The third-order valence-corrected chi connectivity index (χ3v) is 4.05. The highest BCUT2D eigenvalue weighted by atomic mass is 79.9. The Balaban J connectivity index is 2.43. The number of Topliss-reactive ketones (excluding diaryl/α,β-unsaturated/α-hetero) is 1. The van der Waals surface area contributed by atoms with E-state index >= 15 is 0 Å². The molecule has 1 aliphatic heterocycles. The number of benzene rings is 1. The molecule has 0 aliphatic carbocycles. The van der Waals surface area contributed by atoms with E-state index in [1.807, 2.05) is 18.2 Å². The first-order chi connectivity index (χ1) is 8.65. The smallest absolute Gasteiger partial charge is 0.152 e. The average Bonchev–Trinajstić information content (AvgIpc) is 2.38. The van der Waals surface area contributed by atoms with Gasteiger partial charge in [-0.2, -0.15) is 5.26 Å². The minimum Gasteiger partial charge on any atom is -0.360 e. The second kappa shape index (κ2) is 5.53. The SMILES string of the molecule is CC(=O)C1CCCCN1c1cccc(Br)c1C#N. The summed E-state index contributed by atoms with van der Waals surface area (Å²) in [7, 11) is 0. The quantitative estimate of drug-likeness (QED) is 0.842. The van der Waals surface area contributed by atoms with Crippen molar-refractivity contribution in [2.75, 3.05) is 11.4 Å². The van der Waals surface area contributed by atoms with Gasteiger partial charge in [-0.1, -0.05) is 6.07 Å². The molecule has 94 valence electrons. The van der Waals surface area contributed by atoms with Gasteiger partial charge in [0.1, 0.15) is 6.07 Å². The van der Waals surface area contributed by atoms with Crippen molar-refractivity contribution >= 4 is 27.4 Å². The maximum atomic E-state index is 11.7. The largest absolute Gasteiger partial charge is 0.360 e. The molecule has 0 aromatic heterocycles. The standard InChI is InChI=1S/C14H15BrN2O/c1-10(18)13-6-2-3-8-17(13)14-7-4-5-12(15)11(14)9-16/h4-5,7,13H,2-3,6,8H2,1H3. The van der Waals surface area contributed by atoms with Crippen molar-refractivity contribution in [1.29, 1.82) is 5.26 Å². The first-order valence-corrected chi connectivity index (χ1v) is 6.90. The van der Waals surface area contributed by atoms with Crippen LogP contribution >= 0.6 is 15.9 Å². The Hall–Kier alpha value is -1.34. The van der Waals surface area contributed by atoms with Crippen molar-refractivity contribution in [1.82, 2.24) is 0 Å². The van der Waals surface area contributed by atoms with Crippen molar-refractivity contribution in [3.05, 3.63) is 28.2 Å². The third-order valence-electron chi connectivity index (χ3n) is 3.38. The van der Waals surface area contributed by atoms with Crippen molar-refractivity contribution in [3.8, 4) is 6.07 Å². The fourth-order valence-electron chi connectivity index (χ4n) is 2.51. The van der Waals surface area contributed by atoms with Crippen LogP contribution in [0, 0.1) is 11.3 Å². The predicted molar refractivity (Wildman–Crippen MR) is 74.5 cm³/mol. The van der Waals surface area contributed by atoms with Crippen LogP contribution in [-0.4, -0.2) is 18.4 Å². The van der Waals surface area contributed by atoms with Crippen LogP contribution in [0.25, 0.3) is 0 Å². The minimum absolute atomic E-state index is 0.0832. The van der Waals surface area contributed by atoms with Crippen molar-refractivity contribution in [2.45, 2.75) is 32.2 Å². The lowest BCUT2D eigenvalue weighted by Crippen LogP contribution is -2.44. The van der Waals surface area contributed by atoms with E-state index in [1.54, 1.807) is 6.92 Å². The lowest BCUT2D eigenvalue weighted by molar-refractivity contribution is -0.118. The number of carbonyl (C=O) groups excluding carboxylic acids is 1. The first-order valence-electron chi connectivity index (χ1n) is 6.11. The highest BCUT2D eigenvalue weighted by Gasteiger charge is 2.28. The summed E-state index contributed by atoms with van der Waals surface area (Å²) < 4.78 is 0.787. The van der Waals surface area contributed by atoms with Crippen LogP contribution in [0.4, 0.5) is 5.69 Å². The van der Waals surface area contributed by atoms with E-state index in [-0.39, 0.29) is 11.8 Å². The summed E-state index contributed by atoms with van der Waals surface area (Å²) >= 11 is 3.40. The summed E-state index contributed by atoms with van der Waals surface area (Å²) in [6.07, 6.45) is 3.03. The van der Waals surface area contributed by atoms with Gasteiger partial charge in [-0.05, 0) is 54.2 Å². The predicted octanol–water partition coefficient (Wildman–Crippen LogP) is 3.27. The van der Waals surface area contributed by atoms with Gasteiger partial charge in [0.25, 0.3) is 0 Å². The lowest BCUT2D eigenvalue weighted by Gasteiger charge is -2.36. The van der Waals surface area contributed by atoms with Gasteiger partial charge >= 0.3 is 0 Å². The molecule has 1 saturated heterocycles. The molecule has 1 atom stereocenters. The highest BCUT2D eigenvalue weighted by Crippen LogP contribution is 2.31. The summed E-state index contributed by atoms with van der Waals surface area (Å²) in [4.78, 5) is 13.8. The molecule has 2 rings (SSSR count). The Morgan fingerprint density at radius 3 is 2.94 bits per heavy atom. The summed E-state index contributed by atoms with van der Waals surface area (Å²) in [5, 5.41) is 9.26. The van der Waals surface area contributed by atoms with Crippen LogP contribution in [0.3, 0.4) is 0 Å². The van der Waals surface area contributed by atoms with Gasteiger partial charge in [0.15, 0.2) is 5.78 Å². The molecule has 1 aliphatic rings. The maximum Gasteiger partial charge on any atom is 0.152 e. The number of nitrogens with zero attached hydrogens (tertiary/aromatic N) is 2. The molecule has 0 saturated carbocycles. The van der Waals surface area contributed by atoms with Crippen molar-refractivity contribution in [2.24, 2.45) is 0 Å². The molecule has 1 unspecified atom stereocenters. The molecule has 0 amide bonds. The number of ketones is 1. The fourth-order valence-corrected chi connectivity index (χ4v) is 2.95. The second-order valence-corrected chi connectivity index (χ2v) is 5.42. The Kier molecular flexibility index (Phi) is 4.03. The van der Waals surface area contributed by atoms with E-state index in [2.05, 4.69) is 26.9 Å². The summed E-state index contributed by atoms with van der Waals surface area (Å²) in [5.41, 5.74) is 1.48. The number of hydrogen-bond donors (Lipinski definition) is 0. The molecule has 0 bridgehead atoms. The van der Waals surface area contributed by atoms with E-state index in [0.29, 0.717) is 5.56 Å². The van der Waals surface area contributed by atoms with E-state index in [0.717, 1.165) is 36.0 Å². The van der Waals surface area contributed by atoms with Crippen LogP contribution in [0.1, 0.15) is 31.7 Å². The van der Waals surface area contributed by atoms with E-state index in [1.165, 1.54) is 0 Å². The van der Waals surface area contributed by atoms with Gasteiger partial charge in [-0.3, -0.25) is 4.79 Å². The topological polar surface area (TPSA) is 44.1 Å². The molecule has 18 heavy (non-hydrogen) atoms. The monoisotopic (exact) mass is 306 g/mol. The summed E-state index contributed by atoms with van der Waals surface area (Å²) in [5.74, 6) is 0.179. The third kappa shape index (κ3) is 2.41. The minimum atomic E-state index is -0.0832. The van der Waals surface area contributed by atoms with Gasteiger partial charge in [0, 0.05) is 11.0 Å². The van der Waals surface area contributed by atoms with Crippen LogP contribution in [0.2, 0.25) is 0 Å². The maximum absolute atomic E-state index is 11.7. The van der Waals surface area contributed by atoms with Crippen molar-refractivity contribution in [3.63, 3.8) is 0 Å². The molecule has 0 N–H and O–H groups in total. The number of halogens is 1. The van der Waals surface area contributed by atoms with Gasteiger partial charge in [0.2, 0.25) is 0 Å². The zero-order valence-electron chi connectivity index (χ0n) is 10.3. The van der Waals surface area contributed by atoms with Crippen LogP contribution in [-0.2, 0) is 4.79 Å². The van der Waals surface area contributed by atoms with E-state index in [4.69, 9.17) is 0 Å². The number of anilines is 1. The van der Waals surface area contributed by atoms with Crippen molar-refractivity contribution < 1.29 is 4.79 Å². The van der Waals surface area contributed by atoms with Gasteiger partial charge < -0.3 is 4.90 Å². The molecule has 4 heteroatoms. The number of rotatable bonds is 2. The summed E-state index contributed by atoms with van der Waals surface area (Å²) in [6.45, 7) is 2.47. The molecule has 0 spiro atoms. The molecule has 3 nitrogen and oxygen atoms in total. The van der Waals surface area contributed by atoms with Gasteiger partial charge in [-0.15, -0.1) is 0 Å². The highest BCUT2D eigenvalue weighted by molar-refractivity contribution is 9.10. The zero-order chi connectivity index (χ0) is 13.1. The second-order valence-electron chi connectivity index (χ2n) is 4.56. The molecular formula is C14H15BrN2O. The number of carbonyl (C=O) groups is 1. The van der Waals surface area contributed by atoms with E-state index in [9.17, 15) is 10.1 Å². The van der Waals surface area contributed by atoms with E-state index < -0.39 is 0 Å². The van der Waals surface area contributed by atoms with Crippen LogP contribution < -0.4 is 4.90 Å². The molecular weight excluding hydrogens is 292 g/mol. The number of nitriles is 1. The van der Waals surface area contributed by atoms with Gasteiger partial charge in [-0.25, -0.2) is 0 Å². The lowest BCUT2D eigenvalue weighted by atomic mass is 9.97. The Bertz CT molecular complexity index is 507. The summed E-state index contributed by atoms with van der Waals surface area (Å²) in [6, 6.07) is 7.82. The Morgan fingerprint density at radius 1 is 1.50 bits per heavy atom. The molecule has 1 fully saturated rings. The Labute approximate surface area is 116 Å². The zero-order valence-corrected chi connectivity index (χ0v) is 11.9. The van der Waals surface area contributed by atoms with Crippen LogP contribution in [0.15, 0.2) is 22.7 Å². The Morgan fingerprint density at radius 2 is 2.28 bits per heavy atom. The average molecular weight is 307 g/mol. The van der Waals surface area contributed by atoms with Crippen LogP contribution in [0.5, 0.6) is 0 Å². The molecule has 1 heterocycles. The molecule has 1 aromatic rings. The number of hydrogen-bond acceptors (Lipinski definition) is 3. The molecule has 1 aromatic carbocycles. The normalized spacial score (nSPS) is 19.4. The number of piperidine rings is 1.